The molecule has 0 atom stereocenters. The summed E-state index contributed by atoms with van der Waals surface area (Å²) in [4.78, 5) is 24.7. The van der Waals surface area contributed by atoms with Gasteiger partial charge in [-0.1, -0.05) is 15.9 Å². The van der Waals surface area contributed by atoms with Crippen LogP contribution in [0.2, 0.25) is 0 Å². The number of methoxy groups -OCH3 is 1. The highest BCUT2D eigenvalue weighted by atomic mass is 79.9. The van der Waals surface area contributed by atoms with Crippen molar-refractivity contribution in [1.29, 1.82) is 0 Å². The number of likely N-dealkylation sites (N-methyl/N-ethyl adjacent to an activating group) is 1. The average Bonchev–Trinajstić information content (AvgIpc) is 2.60. The number of nitrogens with zero attached hydrogens (tertiary/aromatic N) is 1. The molecule has 0 aromatic heterocycles. The zero-order valence-corrected chi connectivity index (χ0v) is 12.7. The highest BCUT2D eigenvalue weighted by Crippen LogP contribution is 2.35. The van der Waals surface area contributed by atoms with Crippen LogP contribution < -0.4 is 10.5 Å². The third kappa shape index (κ3) is 2.62. The van der Waals surface area contributed by atoms with Crippen molar-refractivity contribution in [3.05, 3.63) is 27.1 Å². The van der Waals surface area contributed by atoms with Gasteiger partial charge in [0.2, 0.25) is 0 Å². The van der Waals surface area contributed by atoms with Crippen LogP contribution in [0.4, 0.5) is 10.5 Å². The van der Waals surface area contributed by atoms with Gasteiger partial charge in [-0.15, -0.1) is 0 Å². The molecule has 1 heterocycles. The predicted octanol–water partition coefficient (Wildman–Crippen LogP) is 2.71. The quantitative estimate of drug-likeness (QED) is 0.660. The van der Waals surface area contributed by atoms with E-state index in [2.05, 4.69) is 15.9 Å². The molecule has 0 radical (unpaired) electrons. The minimum absolute atomic E-state index is 0.283. The maximum Gasteiger partial charge on any atom is 0.293 e. The van der Waals surface area contributed by atoms with Gasteiger partial charge in [-0.3, -0.25) is 14.5 Å². The first-order valence-electron chi connectivity index (χ1n) is 5.28. The summed E-state index contributed by atoms with van der Waals surface area (Å²) in [5, 5.41) is -0.283. The third-order valence-electron chi connectivity index (χ3n) is 2.62. The van der Waals surface area contributed by atoms with Crippen LogP contribution in [0, 0.1) is 0 Å². The first-order chi connectivity index (χ1) is 8.93. The van der Waals surface area contributed by atoms with E-state index >= 15 is 0 Å². The summed E-state index contributed by atoms with van der Waals surface area (Å²) >= 11 is 4.28. The summed E-state index contributed by atoms with van der Waals surface area (Å²) in [5.41, 5.74) is 6.99. The zero-order chi connectivity index (χ0) is 14.2. The maximum atomic E-state index is 11.8. The average molecular weight is 343 g/mol. The monoisotopic (exact) mass is 342 g/mol. The number of benzene rings is 1. The van der Waals surface area contributed by atoms with Gasteiger partial charge >= 0.3 is 0 Å². The summed E-state index contributed by atoms with van der Waals surface area (Å²) in [5.74, 6) is 0.211. The molecule has 7 heteroatoms. The molecule has 1 aromatic rings. The van der Waals surface area contributed by atoms with Crippen molar-refractivity contribution in [2.75, 3.05) is 19.9 Å². The van der Waals surface area contributed by atoms with E-state index in [1.165, 1.54) is 14.2 Å². The number of rotatable bonds is 2. The summed E-state index contributed by atoms with van der Waals surface area (Å²) in [7, 11) is 2.97. The van der Waals surface area contributed by atoms with Crippen molar-refractivity contribution >= 4 is 50.6 Å². The van der Waals surface area contributed by atoms with E-state index in [9.17, 15) is 9.59 Å². The fourth-order valence-corrected chi connectivity index (χ4v) is 2.85. The van der Waals surface area contributed by atoms with E-state index in [0.717, 1.165) is 26.7 Å². The van der Waals surface area contributed by atoms with Gasteiger partial charge in [0.05, 0.1) is 17.7 Å². The lowest BCUT2D eigenvalue weighted by molar-refractivity contribution is -0.121. The van der Waals surface area contributed by atoms with Gasteiger partial charge in [0.1, 0.15) is 5.75 Å². The SMILES string of the molecule is COc1cc(/C=C2\SC(=O)N(C)C2=O)c(Br)cc1N. The van der Waals surface area contributed by atoms with E-state index in [0.29, 0.717) is 16.3 Å². The Morgan fingerprint density at radius 3 is 2.63 bits per heavy atom. The Balaban J connectivity index is 2.44. The number of carbonyl (C=O) groups is 2. The number of thioether (sulfide) groups is 1. The van der Waals surface area contributed by atoms with Crippen LogP contribution in [0.5, 0.6) is 5.75 Å². The molecule has 0 saturated carbocycles. The maximum absolute atomic E-state index is 11.8. The lowest BCUT2D eigenvalue weighted by Gasteiger charge is -2.08. The molecule has 0 bridgehead atoms. The highest BCUT2D eigenvalue weighted by molar-refractivity contribution is 9.10. The molecule has 1 fully saturated rings. The predicted molar refractivity (Wildman–Crippen MR) is 78.8 cm³/mol. The van der Waals surface area contributed by atoms with Crippen LogP contribution in [-0.4, -0.2) is 30.2 Å². The summed E-state index contributed by atoms with van der Waals surface area (Å²) < 4.78 is 5.86. The molecule has 2 N–H and O–H groups in total. The number of nitrogen functional groups attached to an aromatic ring is 1. The van der Waals surface area contributed by atoms with Crippen LogP contribution in [0.1, 0.15) is 5.56 Å². The molecular weight excluding hydrogens is 332 g/mol. The Morgan fingerprint density at radius 2 is 2.11 bits per heavy atom. The van der Waals surface area contributed by atoms with Crippen molar-refractivity contribution in [3.8, 4) is 5.75 Å². The second-order valence-electron chi connectivity index (χ2n) is 3.86. The first kappa shape index (κ1) is 14.0. The highest BCUT2D eigenvalue weighted by Gasteiger charge is 2.31. The fourth-order valence-electron chi connectivity index (χ4n) is 1.56. The zero-order valence-electron chi connectivity index (χ0n) is 10.3. The Kier molecular flexibility index (Phi) is 3.86. The Bertz CT molecular complexity index is 601. The summed E-state index contributed by atoms with van der Waals surface area (Å²) in [6.07, 6.45) is 1.64. The second-order valence-corrected chi connectivity index (χ2v) is 5.70. The number of anilines is 1. The van der Waals surface area contributed by atoms with Gasteiger partial charge in [0.25, 0.3) is 11.1 Å². The number of hydrogen-bond acceptors (Lipinski definition) is 5. The van der Waals surface area contributed by atoms with Crippen molar-refractivity contribution in [2.45, 2.75) is 0 Å². The van der Waals surface area contributed by atoms with E-state index in [1.807, 2.05) is 0 Å². The minimum Gasteiger partial charge on any atom is -0.495 e. The molecule has 2 amide bonds. The second kappa shape index (κ2) is 5.26. The van der Waals surface area contributed by atoms with Crippen molar-refractivity contribution in [3.63, 3.8) is 0 Å². The normalized spacial score (nSPS) is 17.4. The molecular formula is C12H11BrN2O3S. The van der Waals surface area contributed by atoms with E-state index in [-0.39, 0.29) is 11.1 Å². The van der Waals surface area contributed by atoms with Gasteiger partial charge in [-0.25, -0.2) is 0 Å². The van der Waals surface area contributed by atoms with Crippen LogP contribution >= 0.6 is 27.7 Å². The van der Waals surface area contributed by atoms with Crippen molar-refractivity contribution < 1.29 is 14.3 Å². The fraction of sp³-hybridized carbons (Fsp3) is 0.167. The lowest BCUT2D eigenvalue weighted by atomic mass is 10.1. The van der Waals surface area contributed by atoms with Gasteiger partial charge in [-0.2, -0.15) is 0 Å². The molecule has 1 aliphatic heterocycles. The number of nitrogens with two attached hydrogens (primary N) is 1. The molecule has 2 rings (SSSR count). The van der Waals surface area contributed by atoms with Gasteiger partial charge in [0.15, 0.2) is 0 Å². The number of carbonyl (C=O) groups excluding carboxylic acids is 2. The largest absolute Gasteiger partial charge is 0.495 e. The van der Waals surface area contributed by atoms with Gasteiger partial charge in [-0.05, 0) is 35.5 Å². The molecule has 1 saturated heterocycles. The lowest BCUT2D eigenvalue weighted by Crippen LogP contribution is -2.22. The number of ether oxygens (including phenoxy) is 1. The Hall–Kier alpha value is -1.47. The van der Waals surface area contributed by atoms with Crippen molar-refractivity contribution in [2.24, 2.45) is 0 Å². The van der Waals surface area contributed by atoms with Crippen molar-refractivity contribution in [1.82, 2.24) is 4.90 Å². The summed E-state index contributed by atoms with van der Waals surface area (Å²) in [6.45, 7) is 0. The molecule has 1 aromatic carbocycles. The number of imide groups is 1. The Labute approximate surface area is 122 Å². The molecule has 19 heavy (non-hydrogen) atoms. The number of halogens is 1. The minimum atomic E-state index is -0.308. The smallest absolute Gasteiger partial charge is 0.293 e. The van der Waals surface area contributed by atoms with Gasteiger partial charge < -0.3 is 10.5 Å². The van der Waals surface area contributed by atoms with Crippen LogP contribution in [0.15, 0.2) is 21.5 Å². The molecule has 100 valence electrons. The molecule has 0 unspecified atom stereocenters. The Morgan fingerprint density at radius 1 is 1.42 bits per heavy atom. The van der Waals surface area contributed by atoms with Crippen LogP contribution in [0.3, 0.4) is 0 Å². The number of hydrogen-bond donors (Lipinski definition) is 1. The molecule has 0 aliphatic carbocycles. The third-order valence-corrected chi connectivity index (χ3v) is 4.27. The molecule has 0 spiro atoms. The standard InChI is InChI=1S/C12H11BrN2O3S/c1-15-11(16)10(19-12(15)17)4-6-3-9(18-2)8(14)5-7(6)13/h3-5H,14H2,1-2H3/b10-4-. The van der Waals surface area contributed by atoms with E-state index in [4.69, 9.17) is 10.5 Å². The van der Waals surface area contributed by atoms with E-state index < -0.39 is 0 Å². The topological polar surface area (TPSA) is 72.6 Å². The first-order valence-corrected chi connectivity index (χ1v) is 6.89. The van der Waals surface area contributed by atoms with Crippen LogP contribution in [0.25, 0.3) is 6.08 Å². The molecule has 1 aliphatic rings. The molecule has 5 nitrogen and oxygen atoms in total. The summed E-state index contributed by atoms with van der Waals surface area (Å²) in [6, 6.07) is 3.41. The van der Waals surface area contributed by atoms with Gasteiger partial charge in [0, 0.05) is 11.5 Å². The number of amides is 2. The van der Waals surface area contributed by atoms with Crippen LogP contribution in [-0.2, 0) is 4.79 Å². The van der Waals surface area contributed by atoms with E-state index in [1.54, 1.807) is 18.2 Å².